The molecule has 2 heterocycles. The first-order chi connectivity index (χ1) is 13.6. The zero-order valence-electron chi connectivity index (χ0n) is 14.9. The third kappa shape index (κ3) is 3.52. The van der Waals surface area contributed by atoms with Crippen LogP contribution in [0.15, 0.2) is 54.9 Å². The van der Waals surface area contributed by atoms with Crippen LogP contribution in [-0.4, -0.2) is 62.1 Å². The first-order valence-electron chi connectivity index (χ1n) is 8.74. The number of benzene rings is 2. The summed E-state index contributed by atoms with van der Waals surface area (Å²) < 4.78 is 1.50. The van der Waals surface area contributed by atoms with Gasteiger partial charge in [0.05, 0.1) is 10.6 Å². The van der Waals surface area contributed by atoms with Gasteiger partial charge in [-0.1, -0.05) is 6.07 Å². The Morgan fingerprint density at radius 3 is 2.39 bits per heavy atom. The molecule has 2 aromatic carbocycles. The van der Waals surface area contributed by atoms with Gasteiger partial charge in [0.1, 0.15) is 6.33 Å². The number of rotatable bonds is 4. The lowest BCUT2D eigenvalue weighted by molar-refractivity contribution is -0.384. The lowest BCUT2D eigenvalue weighted by Gasteiger charge is -2.36. The maximum Gasteiger partial charge on any atom is 0.269 e. The number of nitrogens with zero attached hydrogens (tertiary/aromatic N) is 7. The number of piperazine rings is 1. The largest absolute Gasteiger partial charge is 0.368 e. The molecule has 10 heteroatoms. The van der Waals surface area contributed by atoms with Crippen molar-refractivity contribution >= 4 is 17.3 Å². The molecule has 1 aromatic heterocycles. The van der Waals surface area contributed by atoms with Crippen LogP contribution in [0.1, 0.15) is 10.4 Å². The number of hydrogen-bond acceptors (Lipinski definition) is 7. The highest BCUT2D eigenvalue weighted by Crippen LogP contribution is 2.21. The molecule has 0 saturated carbocycles. The number of tetrazole rings is 1. The van der Waals surface area contributed by atoms with Crippen molar-refractivity contribution in [3.05, 3.63) is 70.5 Å². The van der Waals surface area contributed by atoms with Crippen LogP contribution in [0.4, 0.5) is 11.4 Å². The molecule has 3 aromatic rings. The Morgan fingerprint density at radius 1 is 1.00 bits per heavy atom. The molecule has 0 unspecified atom stereocenters. The summed E-state index contributed by atoms with van der Waals surface area (Å²) in [5, 5.41) is 21.8. The minimum atomic E-state index is -0.413. The highest BCUT2D eigenvalue weighted by molar-refractivity contribution is 5.95. The second kappa shape index (κ2) is 7.43. The number of carbonyl (C=O) groups is 1. The zero-order valence-corrected chi connectivity index (χ0v) is 14.9. The number of aromatic nitrogens is 4. The molecule has 1 aliphatic heterocycles. The molecule has 1 saturated heterocycles. The van der Waals surface area contributed by atoms with E-state index in [-0.39, 0.29) is 11.6 Å². The molecule has 142 valence electrons. The summed E-state index contributed by atoms with van der Waals surface area (Å²) in [5.41, 5.74) is 2.29. The van der Waals surface area contributed by atoms with Crippen LogP contribution in [0.2, 0.25) is 0 Å². The quantitative estimate of drug-likeness (QED) is 0.499. The van der Waals surface area contributed by atoms with E-state index in [1.165, 1.54) is 23.1 Å². The average molecular weight is 379 g/mol. The average Bonchev–Trinajstić information content (AvgIpc) is 3.28. The van der Waals surface area contributed by atoms with E-state index in [9.17, 15) is 14.9 Å². The van der Waals surface area contributed by atoms with Crippen LogP contribution in [-0.2, 0) is 0 Å². The van der Waals surface area contributed by atoms with Gasteiger partial charge in [-0.15, -0.1) is 5.10 Å². The first kappa shape index (κ1) is 17.6. The Morgan fingerprint density at radius 2 is 1.75 bits per heavy atom. The fourth-order valence-corrected chi connectivity index (χ4v) is 3.20. The van der Waals surface area contributed by atoms with Crippen molar-refractivity contribution in [1.82, 2.24) is 25.1 Å². The van der Waals surface area contributed by atoms with Gasteiger partial charge < -0.3 is 9.80 Å². The topological polar surface area (TPSA) is 110 Å². The van der Waals surface area contributed by atoms with Gasteiger partial charge in [0.15, 0.2) is 0 Å². The van der Waals surface area contributed by atoms with Crippen LogP contribution in [0, 0.1) is 10.1 Å². The second-order valence-corrected chi connectivity index (χ2v) is 6.36. The van der Waals surface area contributed by atoms with E-state index >= 15 is 0 Å². The smallest absolute Gasteiger partial charge is 0.269 e. The number of carbonyl (C=O) groups excluding carboxylic acids is 1. The third-order valence-electron chi connectivity index (χ3n) is 4.70. The van der Waals surface area contributed by atoms with Crippen molar-refractivity contribution in [2.75, 3.05) is 31.1 Å². The molecule has 0 N–H and O–H groups in total. The van der Waals surface area contributed by atoms with Gasteiger partial charge in [-0.2, -0.15) is 0 Å². The van der Waals surface area contributed by atoms with E-state index in [0.717, 1.165) is 11.4 Å². The van der Waals surface area contributed by atoms with E-state index in [2.05, 4.69) is 20.4 Å². The third-order valence-corrected chi connectivity index (χ3v) is 4.70. The molecule has 0 radical (unpaired) electrons. The molecule has 1 fully saturated rings. The highest BCUT2D eigenvalue weighted by atomic mass is 16.6. The van der Waals surface area contributed by atoms with Gasteiger partial charge in [-0.3, -0.25) is 14.9 Å². The summed E-state index contributed by atoms with van der Waals surface area (Å²) in [7, 11) is 0. The van der Waals surface area contributed by atoms with E-state index in [1.807, 2.05) is 6.07 Å². The van der Waals surface area contributed by atoms with Crippen molar-refractivity contribution in [3.8, 4) is 5.69 Å². The molecular weight excluding hydrogens is 362 g/mol. The predicted octanol–water partition coefficient (Wildman–Crippen LogP) is 1.53. The van der Waals surface area contributed by atoms with Crippen LogP contribution < -0.4 is 4.90 Å². The van der Waals surface area contributed by atoms with Crippen molar-refractivity contribution in [2.45, 2.75) is 0 Å². The number of nitro groups is 1. The summed E-state index contributed by atoms with van der Waals surface area (Å²) in [6.07, 6.45) is 1.48. The number of anilines is 1. The number of hydrogen-bond donors (Lipinski definition) is 0. The van der Waals surface area contributed by atoms with Crippen LogP contribution in [0.3, 0.4) is 0 Å². The van der Waals surface area contributed by atoms with Gasteiger partial charge in [-0.05, 0) is 40.8 Å². The van der Waals surface area contributed by atoms with Crippen molar-refractivity contribution < 1.29 is 9.72 Å². The lowest BCUT2D eigenvalue weighted by Crippen LogP contribution is -2.48. The summed E-state index contributed by atoms with van der Waals surface area (Å²) >= 11 is 0. The number of non-ortho nitro benzene ring substituents is 1. The first-order valence-corrected chi connectivity index (χ1v) is 8.74. The summed E-state index contributed by atoms with van der Waals surface area (Å²) in [4.78, 5) is 27.1. The molecule has 1 amide bonds. The molecule has 0 spiro atoms. The Hall–Kier alpha value is -3.82. The number of nitro benzene ring substituents is 1. The SMILES string of the molecule is O=C(c1cccc(-n2cnnn2)c1)N1CCN(c2ccc([N+](=O)[O-])cc2)CC1. The van der Waals surface area contributed by atoms with E-state index < -0.39 is 4.92 Å². The van der Waals surface area contributed by atoms with Crippen molar-refractivity contribution in [2.24, 2.45) is 0 Å². The zero-order chi connectivity index (χ0) is 19.5. The van der Waals surface area contributed by atoms with Gasteiger partial charge in [0.25, 0.3) is 11.6 Å². The van der Waals surface area contributed by atoms with Gasteiger partial charge in [-0.25, -0.2) is 4.68 Å². The maximum atomic E-state index is 12.9. The van der Waals surface area contributed by atoms with Crippen molar-refractivity contribution in [1.29, 1.82) is 0 Å². The van der Waals surface area contributed by atoms with E-state index in [0.29, 0.717) is 31.7 Å². The fraction of sp³-hybridized carbons (Fsp3) is 0.222. The Labute approximate surface area is 160 Å². The summed E-state index contributed by atoms with van der Waals surface area (Å²) in [6, 6.07) is 13.7. The monoisotopic (exact) mass is 379 g/mol. The predicted molar refractivity (Wildman–Crippen MR) is 100 cm³/mol. The van der Waals surface area contributed by atoms with Crippen LogP contribution in [0.5, 0.6) is 0 Å². The van der Waals surface area contributed by atoms with Gasteiger partial charge >= 0.3 is 0 Å². The van der Waals surface area contributed by atoms with Crippen LogP contribution in [0.25, 0.3) is 5.69 Å². The lowest BCUT2D eigenvalue weighted by atomic mass is 10.1. The van der Waals surface area contributed by atoms with Crippen LogP contribution >= 0.6 is 0 Å². The van der Waals surface area contributed by atoms with E-state index in [1.54, 1.807) is 35.2 Å². The maximum absolute atomic E-state index is 12.9. The molecule has 28 heavy (non-hydrogen) atoms. The van der Waals surface area contributed by atoms with Crippen molar-refractivity contribution in [3.63, 3.8) is 0 Å². The highest BCUT2D eigenvalue weighted by Gasteiger charge is 2.23. The Bertz CT molecular complexity index is 981. The molecule has 0 bridgehead atoms. The molecular formula is C18H17N7O3. The standard InChI is InChI=1S/C18H17N7O3/c26-18(14-2-1-3-17(12-14)24-13-19-20-21-24)23-10-8-22(9-11-23)15-4-6-16(7-5-15)25(27)28/h1-7,12-13H,8-11H2. The molecule has 10 nitrogen and oxygen atoms in total. The van der Waals surface area contributed by atoms with E-state index in [4.69, 9.17) is 0 Å². The second-order valence-electron chi connectivity index (χ2n) is 6.36. The molecule has 4 rings (SSSR count). The molecule has 0 atom stereocenters. The number of amides is 1. The summed E-state index contributed by atoms with van der Waals surface area (Å²) in [5.74, 6) is -0.0433. The minimum Gasteiger partial charge on any atom is -0.368 e. The van der Waals surface area contributed by atoms with Gasteiger partial charge in [0.2, 0.25) is 0 Å². The summed E-state index contributed by atoms with van der Waals surface area (Å²) in [6.45, 7) is 2.47. The fourth-order valence-electron chi connectivity index (χ4n) is 3.20. The molecule has 1 aliphatic rings. The Balaban J connectivity index is 1.41. The Kier molecular flexibility index (Phi) is 4.67. The molecule has 0 aliphatic carbocycles. The normalized spacial score (nSPS) is 14.1. The minimum absolute atomic E-state index is 0.0433. The van der Waals surface area contributed by atoms with Gasteiger partial charge in [0, 0.05) is 49.6 Å².